The van der Waals surface area contributed by atoms with Crippen LogP contribution >= 0.6 is 0 Å². The van der Waals surface area contributed by atoms with E-state index in [0.717, 1.165) is 38.3 Å². The molecule has 0 aromatic carbocycles. The van der Waals surface area contributed by atoms with Crippen molar-refractivity contribution < 1.29 is 23.9 Å². The van der Waals surface area contributed by atoms with E-state index in [9.17, 15) is 14.4 Å². The topological polar surface area (TPSA) is 142 Å². The van der Waals surface area contributed by atoms with Gasteiger partial charge >= 0.3 is 6.09 Å². The summed E-state index contributed by atoms with van der Waals surface area (Å²) in [5, 5.41) is 20.6. The Morgan fingerprint density at radius 3 is 2.34 bits per heavy atom. The Bertz CT molecular complexity index is 915. The minimum Gasteiger partial charge on any atom is -0.478 e. The SMILES string of the molecule is CCC(=O)NC12CC3CC(C1)C(NC(=O)/C(C=N)=C(/NCCC(C)(C)NC(=O)OC)OCC(C)C)C(C3)C2. The van der Waals surface area contributed by atoms with Gasteiger partial charge in [0, 0.05) is 36.3 Å². The highest BCUT2D eigenvalue weighted by Gasteiger charge is 2.56. The molecule has 0 heterocycles. The summed E-state index contributed by atoms with van der Waals surface area (Å²) in [5.74, 6) is 1.50. The number of nitrogens with one attached hydrogen (secondary N) is 5. The standard InChI is InChI=1S/C28H47N5O5/c1-7-22(34)32-28-12-18-10-19(13-28)23(20(11-18)14-28)31-24(35)21(15-29)25(38-16-17(2)3)30-9-8-27(4,5)33-26(36)37-6/h15,17-20,23,29-30H,7-14,16H2,1-6H3,(H,31,35)(H,32,34)(H,33,36)/b25-21-,29-15?. The van der Waals surface area contributed by atoms with Crippen LogP contribution in [0, 0.1) is 29.1 Å². The van der Waals surface area contributed by atoms with E-state index in [2.05, 4.69) is 21.3 Å². The van der Waals surface area contributed by atoms with Gasteiger partial charge in [-0.1, -0.05) is 20.8 Å². The molecule has 3 amide bonds. The maximum absolute atomic E-state index is 13.5. The number of amides is 3. The maximum atomic E-state index is 13.5. The number of methoxy groups -OCH3 is 1. The molecule has 4 bridgehead atoms. The van der Waals surface area contributed by atoms with Crippen molar-refractivity contribution in [2.24, 2.45) is 23.7 Å². The van der Waals surface area contributed by atoms with E-state index in [0.29, 0.717) is 43.7 Å². The molecular formula is C28H47N5O5. The molecule has 2 unspecified atom stereocenters. The van der Waals surface area contributed by atoms with Crippen molar-refractivity contribution in [3.05, 3.63) is 11.5 Å². The van der Waals surface area contributed by atoms with Gasteiger partial charge in [-0.2, -0.15) is 0 Å². The Labute approximate surface area is 226 Å². The highest BCUT2D eigenvalue weighted by molar-refractivity contribution is 6.11. The molecule has 0 aromatic heterocycles. The van der Waals surface area contributed by atoms with Crippen LogP contribution in [0.5, 0.6) is 0 Å². The summed E-state index contributed by atoms with van der Waals surface area (Å²) in [6.45, 7) is 10.5. The van der Waals surface area contributed by atoms with E-state index in [1.165, 1.54) is 7.11 Å². The molecule has 0 spiro atoms. The summed E-state index contributed by atoms with van der Waals surface area (Å²) >= 11 is 0. The van der Waals surface area contributed by atoms with Crippen molar-refractivity contribution in [3.63, 3.8) is 0 Å². The predicted molar refractivity (Wildman–Crippen MR) is 145 cm³/mol. The summed E-state index contributed by atoms with van der Waals surface area (Å²) in [4.78, 5) is 37.4. The zero-order chi connectivity index (χ0) is 28.1. The Balaban J connectivity index is 1.70. The molecule has 4 rings (SSSR count). The smallest absolute Gasteiger partial charge is 0.407 e. The van der Waals surface area contributed by atoms with Crippen molar-refractivity contribution >= 4 is 24.1 Å². The molecular weight excluding hydrogens is 486 g/mol. The molecule has 4 fully saturated rings. The normalized spacial score (nSPS) is 28.3. The van der Waals surface area contributed by atoms with Crippen molar-refractivity contribution in [3.8, 4) is 0 Å². The molecule has 0 saturated heterocycles. The van der Waals surface area contributed by atoms with Gasteiger partial charge in [0.25, 0.3) is 5.91 Å². The molecule has 5 N–H and O–H groups in total. The molecule has 214 valence electrons. The van der Waals surface area contributed by atoms with Gasteiger partial charge in [-0.3, -0.25) is 9.59 Å². The average Bonchev–Trinajstić information content (AvgIpc) is 2.83. The Morgan fingerprint density at radius 1 is 1.13 bits per heavy atom. The summed E-state index contributed by atoms with van der Waals surface area (Å²) < 4.78 is 10.7. The minimum absolute atomic E-state index is 0.0233. The van der Waals surface area contributed by atoms with Crippen LogP contribution in [0.4, 0.5) is 4.79 Å². The summed E-state index contributed by atoms with van der Waals surface area (Å²) in [7, 11) is 1.32. The van der Waals surface area contributed by atoms with Gasteiger partial charge in [0.15, 0.2) is 0 Å². The van der Waals surface area contributed by atoms with Gasteiger partial charge in [-0.25, -0.2) is 4.79 Å². The molecule has 4 aliphatic rings. The van der Waals surface area contributed by atoms with Crippen molar-refractivity contribution in [2.45, 2.75) is 96.7 Å². The number of rotatable bonds is 13. The van der Waals surface area contributed by atoms with Gasteiger partial charge in [0.1, 0.15) is 5.57 Å². The van der Waals surface area contributed by atoms with Crippen LogP contribution in [0.3, 0.4) is 0 Å². The summed E-state index contributed by atoms with van der Waals surface area (Å²) in [5.41, 5.74) is -0.518. The third-order valence-corrected chi connectivity index (χ3v) is 8.15. The Morgan fingerprint density at radius 2 is 1.79 bits per heavy atom. The largest absolute Gasteiger partial charge is 0.478 e. The van der Waals surface area contributed by atoms with Crippen LogP contribution in [0.1, 0.15) is 79.6 Å². The van der Waals surface area contributed by atoms with Crippen LogP contribution in [0.2, 0.25) is 0 Å². The third kappa shape index (κ3) is 7.41. The Kier molecular flexibility index (Phi) is 9.70. The van der Waals surface area contributed by atoms with E-state index < -0.39 is 11.6 Å². The first-order valence-electron chi connectivity index (χ1n) is 14.0. The lowest BCUT2D eigenvalue weighted by Gasteiger charge is -2.60. The van der Waals surface area contributed by atoms with Crippen molar-refractivity contribution in [1.82, 2.24) is 21.3 Å². The first-order valence-corrected chi connectivity index (χ1v) is 14.0. The van der Waals surface area contributed by atoms with Gasteiger partial charge < -0.3 is 36.2 Å². The molecule has 0 aliphatic heterocycles. The number of carbonyl (C=O) groups is 3. The first-order chi connectivity index (χ1) is 17.9. The van der Waals surface area contributed by atoms with Gasteiger partial charge in [0.2, 0.25) is 11.8 Å². The number of ether oxygens (including phenoxy) is 2. The fraction of sp³-hybridized carbons (Fsp3) is 0.786. The summed E-state index contributed by atoms with van der Waals surface area (Å²) in [6, 6.07) is 0.0233. The molecule has 4 saturated carbocycles. The molecule has 10 heteroatoms. The zero-order valence-corrected chi connectivity index (χ0v) is 23.9. The lowest BCUT2D eigenvalue weighted by atomic mass is 9.51. The summed E-state index contributed by atoms with van der Waals surface area (Å²) in [6.07, 6.45) is 6.51. The third-order valence-electron chi connectivity index (χ3n) is 8.15. The van der Waals surface area contributed by atoms with E-state index in [1.54, 1.807) is 0 Å². The van der Waals surface area contributed by atoms with E-state index in [-0.39, 0.29) is 40.8 Å². The molecule has 0 aromatic rings. The molecule has 38 heavy (non-hydrogen) atoms. The van der Waals surface area contributed by atoms with Crippen molar-refractivity contribution in [1.29, 1.82) is 5.41 Å². The number of hydrogen-bond donors (Lipinski definition) is 5. The molecule has 4 aliphatic carbocycles. The number of alkyl carbamates (subject to hydrolysis) is 1. The fourth-order valence-corrected chi connectivity index (χ4v) is 6.61. The monoisotopic (exact) mass is 533 g/mol. The van der Waals surface area contributed by atoms with Crippen LogP contribution < -0.4 is 21.3 Å². The van der Waals surface area contributed by atoms with Crippen LogP contribution in [0.15, 0.2) is 11.5 Å². The Hall–Kier alpha value is -2.78. The second-order valence-electron chi connectivity index (χ2n) is 12.4. The van der Waals surface area contributed by atoms with Crippen LogP contribution in [-0.2, 0) is 19.1 Å². The zero-order valence-electron chi connectivity index (χ0n) is 23.9. The van der Waals surface area contributed by atoms with Gasteiger partial charge in [-0.15, -0.1) is 0 Å². The number of hydrogen-bond acceptors (Lipinski definition) is 7. The minimum atomic E-state index is -0.542. The molecule has 0 radical (unpaired) electrons. The first kappa shape index (κ1) is 29.8. The van der Waals surface area contributed by atoms with E-state index in [4.69, 9.17) is 14.9 Å². The van der Waals surface area contributed by atoms with Crippen molar-refractivity contribution in [2.75, 3.05) is 20.3 Å². The quantitative estimate of drug-likeness (QED) is 0.140. The van der Waals surface area contributed by atoms with E-state index in [1.807, 2.05) is 34.6 Å². The second kappa shape index (κ2) is 12.4. The lowest BCUT2D eigenvalue weighted by Crippen LogP contribution is -2.66. The maximum Gasteiger partial charge on any atom is 0.407 e. The van der Waals surface area contributed by atoms with E-state index >= 15 is 0 Å². The van der Waals surface area contributed by atoms with Gasteiger partial charge in [0.05, 0.1) is 13.7 Å². The second-order valence-corrected chi connectivity index (χ2v) is 12.4. The number of carbonyl (C=O) groups excluding carboxylic acids is 3. The molecule has 10 nitrogen and oxygen atoms in total. The average molecular weight is 534 g/mol. The molecule has 2 atom stereocenters. The van der Waals surface area contributed by atoms with Crippen LogP contribution in [0.25, 0.3) is 0 Å². The van der Waals surface area contributed by atoms with Crippen LogP contribution in [-0.4, -0.2) is 61.5 Å². The predicted octanol–water partition coefficient (Wildman–Crippen LogP) is 3.22. The lowest BCUT2D eigenvalue weighted by molar-refractivity contribution is -0.130. The fourth-order valence-electron chi connectivity index (χ4n) is 6.61. The van der Waals surface area contributed by atoms with Gasteiger partial charge in [-0.05, 0) is 76.0 Å². The highest BCUT2D eigenvalue weighted by Crippen LogP contribution is 2.55. The highest BCUT2D eigenvalue weighted by atomic mass is 16.5.